The van der Waals surface area contributed by atoms with Crippen LogP contribution < -0.4 is 5.49 Å². The van der Waals surface area contributed by atoms with Gasteiger partial charge in [-0.3, -0.25) is 20.0 Å². The van der Waals surface area contributed by atoms with Crippen molar-refractivity contribution in [2.75, 3.05) is 25.9 Å². The Kier molecular flexibility index (Phi) is 7.78. The molecule has 3 aromatic rings. The molecule has 1 unspecified atom stereocenters. The number of nitrogens with zero attached hydrogens (tertiary/aromatic N) is 5. The molecule has 0 bridgehead atoms. The van der Waals surface area contributed by atoms with E-state index in [1.165, 1.54) is 0 Å². The van der Waals surface area contributed by atoms with Gasteiger partial charge in [0, 0.05) is 50.1 Å². The molecule has 3 heterocycles. The van der Waals surface area contributed by atoms with Crippen molar-refractivity contribution in [2.45, 2.75) is 32.9 Å². The molecule has 8 nitrogen and oxygen atoms in total. The number of benzene rings is 1. The molecule has 0 spiro atoms. The van der Waals surface area contributed by atoms with Crippen LogP contribution in [0.4, 0.5) is 0 Å². The average molecular weight is 512 g/mol. The van der Waals surface area contributed by atoms with Crippen molar-refractivity contribution in [3.05, 3.63) is 64.2 Å². The van der Waals surface area contributed by atoms with Crippen LogP contribution in [0.1, 0.15) is 31.5 Å². The van der Waals surface area contributed by atoms with Crippen LogP contribution in [0.2, 0.25) is 5.02 Å². The number of hydrogen-bond donors (Lipinski definition) is 2. The summed E-state index contributed by atoms with van der Waals surface area (Å²) in [5.41, 5.74) is 4.30. The third kappa shape index (κ3) is 5.37. The topological polar surface area (TPSA) is 103 Å². The van der Waals surface area contributed by atoms with Crippen molar-refractivity contribution < 1.29 is 4.21 Å². The lowest BCUT2D eigenvalue weighted by Gasteiger charge is -2.34. The number of pyridine rings is 1. The fourth-order valence-electron chi connectivity index (χ4n) is 4.21. The molecular weight excluding hydrogens is 482 g/mol. The third-order valence-corrected chi connectivity index (χ3v) is 7.76. The maximum absolute atomic E-state index is 11.8. The molecule has 184 valence electrons. The highest BCUT2D eigenvalue weighted by molar-refractivity contribution is 7.82. The monoisotopic (exact) mass is 511 g/mol. The highest BCUT2D eigenvalue weighted by atomic mass is 35.5. The van der Waals surface area contributed by atoms with Gasteiger partial charge < -0.3 is 9.98 Å². The van der Waals surface area contributed by atoms with Gasteiger partial charge in [-0.2, -0.15) is 0 Å². The van der Waals surface area contributed by atoms with E-state index >= 15 is 0 Å². The van der Waals surface area contributed by atoms with Crippen LogP contribution in [-0.2, 0) is 17.5 Å². The number of halogens is 1. The van der Waals surface area contributed by atoms with Crippen LogP contribution >= 0.6 is 11.6 Å². The molecule has 0 aliphatic carbocycles. The minimum Gasteiger partial charge on any atom is -0.334 e. The zero-order valence-electron chi connectivity index (χ0n) is 20.2. The van der Waals surface area contributed by atoms with Crippen LogP contribution in [0, 0.1) is 10.8 Å². The molecule has 1 aromatic carbocycles. The largest absolute Gasteiger partial charge is 0.334 e. The molecule has 1 fully saturated rings. The van der Waals surface area contributed by atoms with E-state index in [-0.39, 0.29) is 6.04 Å². The second-order valence-electron chi connectivity index (χ2n) is 8.47. The van der Waals surface area contributed by atoms with Crippen molar-refractivity contribution in [3.63, 3.8) is 0 Å². The van der Waals surface area contributed by atoms with Gasteiger partial charge in [0.25, 0.3) is 0 Å². The summed E-state index contributed by atoms with van der Waals surface area (Å²) in [5, 5.41) is 18.0. The second-order valence-corrected chi connectivity index (χ2v) is 10.6. The number of fused-ring (bicyclic) bond motifs is 1. The van der Waals surface area contributed by atoms with Gasteiger partial charge >= 0.3 is 0 Å². The smallest absolute Gasteiger partial charge is 0.130 e. The van der Waals surface area contributed by atoms with E-state index in [1.54, 1.807) is 23.9 Å². The molecule has 10 heteroatoms. The summed E-state index contributed by atoms with van der Waals surface area (Å²) in [6.07, 6.45) is 2.18. The van der Waals surface area contributed by atoms with Crippen molar-refractivity contribution in [1.82, 2.24) is 13.4 Å². The van der Waals surface area contributed by atoms with Crippen LogP contribution in [-0.4, -0.2) is 67.3 Å². The maximum atomic E-state index is 11.8. The van der Waals surface area contributed by atoms with Crippen molar-refractivity contribution in [2.24, 2.45) is 9.98 Å². The predicted octanol–water partition coefficient (Wildman–Crippen LogP) is 3.72. The molecule has 1 aliphatic heterocycles. The molecule has 0 saturated carbocycles. The van der Waals surface area contributed by atoms with E-state index in [0.29, 0.717) is 53.9 Å². The Balaban J connectivity index is 1.66. The minimum absolute atomic E-state index is 0.132. The Morgan fingerprint density at radius 3 is 2.69 bits per heavy atom. The molecule has 4 rings (SSSR count). The van der Waals surface area contributed by atoms with Crippen LogP contribution in [0.3, 0.4) is 0 Å². The maximum Gasteiger partial charge on any atom is 0.130 e. The summed E-state index contributed by atoms with van der Waals surface area (Å²) in [7, 11) is 0.794. The number of nitrogens with one attached hydrogen (secondary N) is 2. The highest BCUT2D eigenvalue weighted by Gasteiger charge is 2.29. The SMILES string of the molecule is CCS(=O)N1CC(N=CCC(=N)c2cc3c(ccc(=N)n3C(C)=NC)n2Cc2cccc(Cl)c2)C1. The second kappa shape index (κ2) is 10.8. The number of rotatable bonds is 8. The van der Waals surface area contributed by atoms with E-state index in [0.717, 1.165) is 22.3 Å². The third-order valence-electron chi connectivity index (χ3n) is 6.16. The van der Waals surface area contributed by atoms with E-state index in [9.17, 15) is 4.21 Å². The first-order chi connectivity index (χ1) is 16.8. The van der Waals surface area contributed by atoms with Gasteiger partial charge in [0.15, 0.2) is 0 Å². The lowest BCUT2D eigenvalue weighted by atomic mass is 10.1. The molecule has 1 atom stereocenters. The van der Waals surface area contributed by atoms with Crippen molar-refractivity contribution in [1.29, 1.82) is 10.8 Å². The van der Waals surface area contributed by atoms with Crippen LogP contribution in [0.5, 0.6) is 0 Å². The van der Waals surface area contributed by atoms with Gasteiger partial charge in [0.2, 0.25) is 0 Å². The Labute approximate surface area is 212 Å². The number of aromatic nitrogens is 2. The quantitative estimate of drug-likeness (QED) is 0.349. The summed E-state index contributed by atoms with van der Waals surface area (Å²) in [6.45, 7) is 5.72. The Hall–Kier alpha value is -2.88. The zero-order chi connectivity index (χ0) is 25.1. The summed E-state index contributed by atoms with van der Waals surface area (Å²) in [6, 6.07) is 13.5. The lowest BCUT2D eigenvalue weighted by molar-refractivity contribution is 0.282. The average Bonchev–Trinajstić information content (AvgIpc) is 3.17. The summed E-state index contributed by atoms with van der Waals surface area (Å²) in [5.74, 6) is 1.33. The van der Waals surface area contributed by atoms with Gasteiger partial charge in [-0.05, 0) is 42.8 Å². The van der Waals surface area contributed by atoms with E-state index < -0.39 is 11.0 Å². The first kappa shape index (κ1) is 25.2. The van der Waals surface area contributed by atoms with Gasteiger partial charge in [-0.15, -0.1) is 0 Å². The highest BCUT2D eigenvalue weighted by Crippen LogP contribution is 2.23. The molecule has 2 aromatic heterocycles. The summed E-state index contributed by atoms with van der Waals surface area (Å²) >= 11 is 6.23. The van der Waals surface area contributed by atoms with Crippen molar-refractivity contribution in [3.8, 4) is 0 Å². The summed E-state index contributed by atoms with van der Waals surface area (Å²) < 4.78 is 17.6. The van der Waals surface area contributed by atoms with Crippen molar-refractivity contribution >= 4 is 51.4 Å². The standard InChI is InChI=1S/C25H30ClN7OS/c1-4-35(34)31-15-20(16-31)30-11-10-21(27)23-13-24-22(8-9-25(28)33(24)17(2)29-3)32(23)14-18-6-5-7-19(26)12-18/h5-9,11-13,20,27-28H,4,10,14-16H2,1-3H3. The lowest BCUT2D eigenvalue weighted by Crippen LogP contribution is -2.50. The molecule has 1 saturated heterocycles. The predicted molar refractivity (Wildman–Crippen MR) is 145 cm³/mol. The molecular formula is C25H30ClN7OS. The number of hydrogen-bond acceptors (Lipinski definition) is 5. The zero-order valence-corrected chi connectivity index (χ0v) is 21.7. The summed E-state index contributed by atoms with van der Waals surface area (Å²) in [4.78, 5) is 8.88. The molecule has 0 amide bonds. The Bertz CT molecular complexity index is 1400. The fourth-order valence-corrected chi connectivity index (χ4v) is 5.47. The van der Waals surface area contributed by atoms with E-state index in [4.69, 9.17) is 22.4 Å². The normalized spacial score (nSPS) is 16.2. The van der Waals surface area contributed by atoms with Gasteiger partial charge in [-0.1, -0.05) is 30.7 Å². The first-order valence-corrected chi connectivity index (χ1v) is 13.2. The molecule has 2 N–H and O–H groups in total. The van der Waals surface area contributed by atoms with Gasteiger partial charge in [-0.25, -0.2) is 8.51 Å². The van der Waals surface area contributed by atoms with E-state index in [2.05, 4.69) is 14.6 Å². The fraction of sp³-hybridized carbons (Fsp3) is 0.360. The van der Waals surface area contributed by atoms with Gasteiger partial charge in [0.1, 0.15) is 11.3 Å². The molecule has 35 heavy (non-hydrogen) atoms. The molecule has 0 radical (unpaired) electrons. The van der Waals surface area contributed by atoms with E-state index in [1.807, 2.05) is 54.6 Å². The molecule has 1 aliphatic rings. The van der Waals surface area contributed by atoms with Crippen LogP contribution in [0.15, 0.2) is 52.4 Å². The number of aliphatic imine (C=N–C) groups is 2. The first-order valence-electron chi connectivity index (χ1n) is 11.5. The van der Waals surface area contributed by atoms with Crippen LogP contribution in [0.25, 0.3) is 11.0 Å². The minimum atomic E-state index is -0.915. The van der Waals surface area contributed by atoms with Gasteiger partial charge in [0.05, 0.1) is 39.5 Å². The Morgan fingerprint density at radius 1 is 1.23 bits per heavy atom. The Morgan fingerprint density at radius 2 is 2.00 bits per heavy atom.